The third-order valence-corrected chi connectivity index (χ3v) is 4.52. The lowest BCUT2D eigenvalue weighted by Gasteiger charge is -2.12. The van der Waals surface area contributed by atoms with E-state index in [1.165, 1.54) is 10.9 Å². The van der Waals surface area contributed by atoms with Crippen LogP contribution in [0.2, 0.25) is 0 Å². The quantitative estimate of drug-likeness (QED) is 0.167. The van der Waals surface area contributed by atoms with Crippen LogP contribution in [0.5, 0.6) is 0 Å². The summed E-state index contributed by atoms with van der Waals surface area (Å²) in [6.45, 7) is 8.60. The third-order valence-electron chi connectivity index (χ3n) is 4.52. The van der Waals surface area contributed by atoms with Gasteiger partial charge in [-0.2, -0.15) is 0 Å². The summed E-state index contributed by atoms with van der Waals surface area (Å²) in [6, 6.07) is 10.6. The number of benzene rings is 1. The average Bonchev–Trinajstić information content (AvgIpc) is 3.24. The van der Waals surface area contributed by atoms with Gasteiger partial charge in [0.25, 0.3) is 0 Å². The Morgan fingerprint density at radius 2 is 2.04 bits per heavy atom. The standard InChI is InChI=1S/C20H27N7.HI/c1-4-11-21-20(23-15-19-25-24-16(2)26(19)3)22-12-7-13-27-14-10-17-8-5-6-9-18(17)27;/h4-6,8-10,14H,1,7,11-13,15H2,2-3H3,(H2,21,22,23);1H. The van der Waals surface area contributed by atoms with Crippen LogP contribution in [-0.2, 0) is 20.1 Å². The second-order valence-corrected chi connectivity index (χ2v) is 6.41. The number of para-hydroxylation sites is 1. The third kappa shape index (κ3) is 5.57. The second-order valence-electron chi connectivity index (χ2n) is 6.41. The van der Waals surface area contributed by atoms with Crippen molar-refractivity contribution in [1.29, 1.82) is 0 Å². The van der Waals surface area contributed by atoms with E-state index < -0.39 is 0 Å². The van der Waals surface area contributed by atoms with Gasteiger partial charge in [0, 0.05) is 38.4 Å². The molecule has 0 fully saturated rings. The number of nitrogens with zero attached hydrogens (tertiary/aromatic N) is 5. The van der Waals surface area contributed by atoms with Crippen molar-refractivity contribution in [2.24, 2.45) is 12.0 Å². The van der Waals surface area contributed by atoms with Gasteiger partial charge in [0.2, 0.25) is 0 Å². The lowest BCUT2D eigenvalue weighted by molar-refractivity contribution is 0.641. The number of aliphatic imine (C=N–C) groups is 1. The number of aromatic nitrogens is 4. The highest BCUT2D eigenvalue weighted by Gasteiger charge is 2.05. The number of fused-ring (bicyclic) bond motifs is 1. The SMILES string of the molecule is C=CCNC(=NCc1nnc(C)n1C)NCCCn1ccc2ccccc21.I. The topological polar surface area (TPSA) is 72.1 Å². The van der Waals surface area contributed by atoms with Gasteiger partial charge in [-0.15, -0.1) is 40.8 Å². The van der Waals surface area contributed by atoms with Gasteiger partial charge in [0.15, 0.2) is 11.8 Å². The maximum Gasteiger partial charge on any atom is 0.191 e. The molecule has 3 rings (SSSR count). The molecule has 0 aliphatic carbocycles. The summed E-state index contributed by atoms with van der Waals surface area (Å²) in [5.74, 6) is 2.48. The first kappa shape index (κ1) is 21.9. The number of guanidine groups is 1. The molecule has 0 amide bonds. The van der Waals surface area contributed by atoms with Gasteiger partial charge in [-0.1, -0.05) is 24.3 Å². The van der Waals surface area contributed by atoms with Crippen LogP contribution in [0, 0.1) is 6.92 Å². The summed E-state index contributed by atoms with van der Waals surface area (Å²) in [7, 11) is 1.95. The van der Waals surface area contributed by atoms with Crippen molar-refractivity contribution in [2.45, 2.75) is 26.4 Å². The van der Waals surface area contributed by atoms with E-state index >= 15 is 0 Å². The number of hydrogen-bond acceptors (Lipinski definition) is 3. The van der Waals surface area contributed by atoms with Crippen LogP contribution in [0.15, 0.2) is 54.2 Å². The fraction of sp³-hybridized carbons (Fsp3) is 0.350. The highest BCUT2D eigenvalue weighted by molar-refractivity contribution is 14.0. The van der Waals surface area contributed by atoms with Crippen LogP contribution < -0.4 is 10.6 Å². The Balaban J connectivity index is 0.00000280. The highest BCUT2D eigenvalue weighted by Crippen LogP contribution is 2.15. The predicted octanol–water partition coefficient (Wildman–Crippen LogP) is 3.01. The number of nitrogens with one attached hydrogen (secondary N) is 2. The Morgan fingerprint density at radius 1 is 1.21 bits per heavy atom. The summed E-state index contributed by atoms with van der Waals surface area (Å²) < 4.78 is 4.24. The number of aryl methyl sites for hydroxylation is 2. The predicted molar refractivity (Wildman–Crippen MR) is 125 cm³/mol. The molecule has 28 heavy (non-hydrogen) atoms. The van der Waals surface area contributed by atoms with E-state index in [4.69, 9.17) is 0 Å². The lowest BCUT2D eigenvalue weighted by Crippen LogP contribution is -2.38. The monoisotopic (exact) mass is 493 g/mol. The molecule has 1 aromatic carbocycles. The van der Waals surface area contributed by atoms with Crippen molar-refractivity contribution < 1.29 is 0 Å². The van der Waals surface area contributed by atoms with Crippen molar-refractivity contribution in [3.63, 3.8) is 0 Å². The lowest BCUT2D eigenvalue weighted by atomic mass is 10.2. The van der Waals surface area contributed by atoms with E-state index in [1.54, 1.807) is 0 Å². The fourth-order valence-corrected chi connectivity index (χ4v) is 2.87. The molecule has 2 N–H and O–H groups in total. The van der Waals surface area contributed by atoms with Crippen molar-refractivity contribution in [1.82, 2.24) is 30.0 Å². The van der Waals surface area contributed by atoms with Crippen LogP contribution in [0.3, 0.4) is 0 Å². The number of rotatable bonds is 8. The first-order valence-corrected chi connectivity index (χ1v) is 9.21. The molecule has 0 radical (unpaired) electrons. The van der Waals surface area contributed by atoms with Gasteiger partial charge in [0.1, 0.15) is 12.4 Å². The molecule has 0 bridgehead atoms. The Bertz CT molecular complexity index is 926. The second kappa shape index (κ2) is 10.8. The van der Waals surface area contributed by atoms with Crippen LogP contribution in [0.1, 0.15) is 18.1 Å². The summed E-state index contributed by atoms with van der Waals surface area (Å²) >= 11 is 0. The van der Waals surface area contributed by atoms with E-state index in [2.05, 4.69) is 73.5 Å². The van der Waals surface area contributed by atoms with Crippen molar-refractivity contribution in [2.75, 3.05) is 13.1 Å². The van der Waals surface area contributed by atoms with E-state index in [0.717, 1.165) is 37.1 Å². The molecule has 0 aliphatic rings. The minimum absolute atomic E-state index is 0. The van der Waals surface area contributed by atoms with Crippen molar-refractivity contribution in [3.8, 4) is 0 Å². The molecule has 2 aromatic heterocycles. The van der Waals surface area contributed by atoms with E-state index in [0.29, 0.717) is 13.1 Å². The molecule has 0 saturated carbocycles. The Hall–Kier alpha value is -2.36. The minimum Gasteiger partial charge on any atom is -0.356 e. The molecular formula is C20H28IN7. The molecule has 2 heterocycles. The maximum absolute atomic E-state index is 4.61. The highest BCUT2D eigenvalue weighted by atomic mass is 127. The summed E-state index contributed by atoms with van der Waals surface area (Å²) in [4.78, 5) is 4.61. The van der Waals surface area contributed by atoms with Crippen LogP contribution in [0.4, 0.5) is 0 Å². The molecule has 0 aliphatic heterocycles. The Morgan fingerprint density at radius 3 is 2.79 bits per heavy atom. The van der Waals surface area contributed by atoms with E-state index in [1.807, 2.05) is 24.6 Å². The minimum atomic E-state index is 0. The molecule has 0 unspecified atom stereocenters. The average molecular weight is 493 g/mol. The smallest absolute Gasteiger partial charge is 0.191 e. The maximum atomic E-state index is 4.61. The van der Waals surface area contributed by atoms with Gasteiger partial charge >= 0.3 is 0 Å². The molecular weight excluding hydrogens is 465 g/mol. The normalized spacial score (nSPS) is 11.3. The first-order chi connectivity index (χ1) is 13.2. The zero-order chi connectivity index (χ0) is 19.1. The van der Waals surface area contributed by atoms with Crippen LogP contribution >= 0.6 is 24.0 Å². The molecule has 150 valence electrons. The van der Waals surface area contributed by atoms with Gasteiger partial charge in [0.05, 0.1) is 0 Å². The summed E-state index contributed by atoms with van der Waals surface area (Å²) in [5, 5.41) is 16.1. The van der Waals surface area contributed by atoms with Crippen LogP contribution in [0.25, 0.3) is 10.9 Å². The largest absolute Gasteiger partial charge is 0.356 e. The van der Waals surface area contributed by atoms with Gasteiger partial charge < -0.3 is 19.8 Å². The molecule has 8 heteroatoms. The Kier molecular flexibility index (Phi) is 8.49. The zero-order valence-electron chi connectivity index (χ0n) is 16.4. The van der Waals surface area contributed by atoms with Gasteiger partial charge in [-0.25, -0.2) is 4.99 Å². The van der Waals surface area contributed by atoms with Gasteiger partial charge in [-0.3, -0.25) is 0 Å². The van der Waals surface area contributed by atoms with Crippen LogP contribution in [-0.4, -0.2) is 38.4 Å². The molecule has 0 spiro atoms. The molecule has 0 atom stereocenters. The van der Waals surface area contributed by atoms with E-state index in [-0.39, 0.29) is 24.0 Å². The number of halogens is 1. The number of hydrogen-bond donors (Lipinski definition) is 2. The van der Waals surface area contributed by atoms with Gasteiger partial charge in [-0.05, 0) is 30.9 Å². The molecule has 3 aromatic rings. The fourth-order valence-electron chi connectivity index (χ4n) is 2.87. The Labute approximate surface area is 183 Å². The molecule has 7 nitrogen and oxygen atoms in total. The summed E-state index contributed by atoms with van der Waals surface area (Å²) in [5.41, 5.74) is 1.27. The molecule has 0 saturated heterocycles. The van der Waals surface area contributed by atoms with E-state index in [9.17, 15) is 0 Å². The summed E-state index contributed by atoms with van der Waals surface area (Å²) in [6.07, 6.45) is 4.96. The first-order valence-electron chi connectivity index (χ1n) is 9.21. The zero-order valence-corrected chi connectivity index (χ0v) is 18.8. The van der Waals surface area contributed by atoms with Crippen molar-refractivity contribution >= 4 is 40.8 Å². The van der Waals surface area contributed by atoms with Crippen molar-refractivity contribution in [3.05, 3.63) is 60.8 Å².